The average Bonchev–Trinajstić information content (AvgIpc) is 2.36. The van der Waals surface area contributed by atoms with Crippen LogP contribution < -0.4 is 5.32 Å². The lowest BCUT2D eigenvalue weighted by atomic mass is 10.0. The molecule has 1 atom stereocenters. The van der Waals surface area contributed by atoms with E-state index in [2.05, 4.69) is 10.1 Å². The van der Waals surface area contributed by atoms with Crippen molar-refractivity contribution in [3.8, 4) is 0 Å². The first-order chi connectivity index (χ1) is 8.93. The Bertz CT molecular complexity index is 460. The smallest absolute Gasteiger partial charge is 0.328 e. The second-order valence-electron chi connectivity index (χ2n) is 4.69. The molecular weight excluding hydrogens is 249 g/mol. The van der Waals surface area contributed by atoms with E-state index in [9.17, 15) is 14.0 Å². The Morgan fingerprint density at radius 2 is 2.05 bits per heavy atom. The minimum atomic E-state index is -0.722. The molecule has 0 aliphatic heterocycles. The Balaban J connectivity index is 2.78. The fourth-order valence-electron chi connectivity index (χ4n) is 1.70. The number of ether oxygens (including phenoxy) is 1. The van der Waals surface area contributed by atoms with Crippen molar-refractivity contribution < 1.29 is 18.7 Å². The van der Waals surface area contributed by atoms with Gasteiger partial charge in [0.2, 0.25) is 0 Å². The molecule has 0 radical (unpaired) electrons. The fourth-order valence-corrected chi connectivity index (χ4v) is 1.70. The van der Waals surface area contributed by atoms with Gasteiger partial charge in [-0.1, -0.05) is 19.9 Å². The average molecular weight is 267 g/mol. The predicted molar refractivity (Wildman–Crippen MR) is 69.1 cm³/mol. The predicted octanol–water partition coefficient (Wildman–Crippen LogP) is 2.14. The quantitative estimate of drug-likeness (QED) is 0.832. The van der Waals surface area contributed by atoms with Gasteiger partial charge in [-0.3, -0.25) is 4.79 Å². The third-order valence-electron chi connectivity index (χ3n) is 2.58. The highest BCUT2D eigenvalue weighted by molar-refractivity contribution is 5.96. The lowest BCUT2D eigenvalue weighted by Crippen LogP contribution is -2.42. The largest absolute Gasteiger partial charge is 0.467 e. The molecule has 0 aromatic heterocycles. The van der Waals surface area contributed by atoms with Crippen molar-refractivity contribution in [3.05, 3.63) is 35.6 Å². The van der Waals surface area contributed by atoms with Crippen molar-refractivity contribution in [2.24, 2.45) is 5.92 Å². The van der Waals surface area contributed by atoms with Crippen LogP contribution in [0.5, 0.6) is 0 Å². The van der Waals surface area contributed by atoms with Gasteiger partial charge in [-0.25, -0.2) is 9.18 Å². The van der Waals surface area contributed by atoms with Crippen LogP contribution in [0.3, 0.4) is 0 Å². The van der Waals surface area contributed by atoms with E-state index >= 15 is 0 Å². The number of hydrogen-bond donors (Lipinski definition) is 1. The van der Waals surface area contributed by atoms with E-state index in [4.69, 9.17) is 0 Å². The molecule has 0 saturated carbocycles. The monoisotopic (exact) mass is 267 g/mol. The highest BCUT2D eigenvalue weighted by Crippen LogP contribution is 2.09. The third-order valence-corrected chi connectivity index (χ3v) is 2.58. The number of nitrogens with one attached hydrogen (secondary N) is 1. The number of rotatable bonds is 5. The number of carbonyl (C=O) groups excluding carboxylic acids is 2. The van der Waals surface area contributed by atoms with E-state index in [0.717, 1.165) is 6.07 Å². The van der Waals surface area contributed by atoms with Crippen molar-refractivity contribution in [2.45, 2.75) is 26.3 Å². The second-order valence-corrected chi connectivity index (χ2v) is 4.69. The minimum Gasteiger partial charge on any atom is -0.467 e. The molecule has 19 heavy (non-hydrogen) atoms. The Morgan fingerprint density at radius 3 is 2.58 bits per heavy atom. The van der Waals surface area contributed by atoms with Crippen LogP contribution in [0.2, 0.25) is 0 Å². The molecule has 1 aromatic rings. The van der Waals surface area contributed by atoms with Gasteiger partial charge >= 0.3 is 5.97 Å². The minimum absolute atomic E-state index is 0.178. The van der Waals surface area contributed by atoms with E-state index in [1.54, 1.807) is 0 Å². The molecular formula is C14H18FNO3. The van der Waals surface area contributed by atoms with Crippen molar-refractivity contribution in [1.29, 1.82) is 0 Å². The summed E-state index contributed by atoms with van der Waals surface area (Å²) in [5, 5.41) is 2.56. The fraction of sp³-hybridized carbons (Fsp3) is 0.429. The lowest BCUT2D eigenvalue weighted by molar-refractivity contribution is -0.143. The van der Waals surface area contributed by atoms with E-state index < -0.39 is 23.7 Å². The van der Waals surface area contributed by atoms with Crippen molar-refractivity contribution >= 4 is 11.9 Å². The first-order valence-corrected chi connectivity index (χ1v) is 6.08. The van der Waals surface area contributed by atoms with Crippen LogP contribution in [0.15, 0.2) is 24.3 Å². The van der Waals surface area contributed by atoms with Crippen molar-refractivity contribution in [3.63, 3.8) is 0 Å². The molecule has 4 nitrogen and oxygen atoms in total. The molecule has 1 rings (SSSR count). The Labute approximate surface area is 112 Å². The summed E-state index contributed by atoms with van der Waals surface area (Å²) in [5.74, 6) is -1.27. The molecule has 1 amide bonds. The molecule has 0 saturated heterocycles. The van der Waals surface area contributed by atoms with Gasteiger partial charge in [0.25, 0.3) is 5.91 Å². The van der Waals surface area contributed by atoms with E-state index in [1.807, 2.05) is 13.8 Å². The summed E-state index contributed by atoms with van der Waals surface area (Å²) in [4.78, 5) is 23.5. The molecule has 5 heteroatoms. The standard InChI is InChI=1S/C14H18FNO3/c1-9(2)7-12(14(18)19-3)16-13(17)10-5-4-6-11(15)8-10/h4-6,8-9,12H,7H2,1-3H3,(H,16,17)/t12-/m0/s1. The Kier molecular flexibility index (Phi) is 5.48. The summed E-state index contributed by atoms with van der Waals surface area (Å²) in [6, 6.07) is 4.59. The summed E-state index contributed by atoms with van der Waals surface area (Å²) < 4.78 is 17.7. The van der Waals surface area contributed by atoms with Gasteiger partial charge in [-0.05, 0) is 30.5 Å². The zero-order chi connectivity index (χ0) is 14.4. The first-order valence-electron chi connectivity index (χ1n) is 6.08. The van der Waals surface area contributed by atoms with Gasteiger partial charge in [0, 0.05) is 5.56 Å². The number of esters is 1. The maximum atomic E-state index is 13.0. The first kappa shape index (κ1) is 15.1. The summed E-state index contributed by atoms with van der Waals surface area (Å²) in [7, 11) is 1.27. The molecule has 0 spiro atoms. The molecule has 0 aliphatic rings. The molecule has 1 aromatic carbocycles. The third kappa shape index (κ3) is 4.69. The number of hydrogen-bond acceptors (Lipinski definition) is 3. The Morgan fingerprint density at radius 1 is 1.37 bits per heavy atom. The van der Waals surface area contributed by atoms with Crippen molar-refractivity contribution in [1.82, 2.24) is 5.32 Å². The van der Waals surface area contributed by atoms with Gasteiger partial charge in [0.15, 0.2) is 0 Å². The zero-order valence-corrected chi connectivity index (χ0v) is 11.3. The van der Waals surface area contributed by atoms with Gasteiger partial charge in [-0.15, -0.1) is 0 Å². The molecule has 0 aliphatic carbocycles. The molecule has 104 valence electrons. The van der Waals surface area contributed by atoms with Crippen LogP contribution in [-0.2, 0) is 9.53 Å². The molecule has 1 N–H and O–H groups in total. The molecule has 0 unspecified atom stereocenters. The Hall–Kier alpha value is -1.91. The highest BCUT2D eigenvalue weighted by Gasteiger charge is 2.23. The van der Waals surface area contributed by atoms with E-state index in [-0.39, 0.29) is 11.5 Å². The van der Waals surface area contributed by atoms with E-state index in [0.29, 0.717) is 6.42 Å². The summed E-state index contributed by atoms with van der Waals surface area (Å²) in [6.45, 7) is 3.87. The van der Waals surface area contributed by atoms with Crippen LogP contribution in [0.4, 0.5) is 4.39 Å². The number of methoxy groups -OCH3 is 1. The van der Waals surface area contributed by atoms with Crippen LogP contribution in [0, 0.1) is 11.7 Å². The van der Waals surface area contributed by atoms with Gasteiger partial charge in [0.1, 0.15) is 11.9 Å². The molecule has 0 fully saturated rings. The summed E-state index contributed by atoms with van der Waals surface area (Å²) >= 11 is 0. The van der Waals surface area contributed by atoms with Gasteiger partial charge in [0.05, 0.1) is 7.11 Å². The maximum absolute atomic E-state index is 13.0. The SMILES string of the molecule is COC(=O)[C@H](CC(C)C)NC(=O)c1cccc(F)c1. The van der Waals surface area contributed by atoms with Gasteiger partial charge < -0.3 is 10.1 Å². The second kappa shape index (κ2) is 6.87. The number of amides is 1. The van der Waals surface area contributed by atoms with Crippen LogP contribution in [0.1, 0.15) is 30.6 Å². The summed E-state index contributed by atoms with van der Waals surface area (Å²) in [5.41, 5.74) is 0.178. The topological polar surface area (TPSA) is 55.4 Å². The van der Waals surface area contributed by atoms with Crippen LogP contribution in [-0.4, -0.2) is 25.0 Å². The zero-order valence-electron chi connectivity index (χ0n) is 11.3. The van der Waals surface area contributed by atoms with Crippen LogP contribution >= 0.6 is 0 Å². The van der Waals surface area contributed by atoms with Crippen molar-refractivity contribution in [2.75, 3.05) is 7.11 Å². The normalized spacial score (nSPS) is 12.1. The lowest BCUT2D eigenvalue weighted by Gasteiger charge is -2.18. The summed E-state index contributed by atoms with van der Waals surface area (Å²) in [6.07, 6.45) is 0.466. The number of carbonyl (C=O) groups is 2. The van der Waals surface area contributed by atoms with Gasteiger partial charge in [-0.2, -0.15) is 0 Å². The molecule has 0 heterocycles. The highest BCUT2D eigenvalue weighted by atomic mass is 19.1. The maximum Gasteiger partial charge on any atom is 0.328 e. The van der Waals surface area contributed by atoms with E-state index in [1.165, 1.54) is 25.3 Å². The molecule has 0 bridgehead atoms. The number of halogens is 1. The number of benzene rings is 1. The van der Waals surface area contributed by atoms with Crippen LogP contribution in [0.25, 0.3) is 0 Å².